The Morgan fingerprint density at radius 2 is 2.33 bits per heavy atom. The van der Waals surface area contributed by atoms with Crippen LogP contribution in [-0.2, 0) is 14.4 Å². The van der Waals surface area contributed by atoms with Crippen molar-refractivity contribution in [3.8, 4) is 5.75 Å². The van der Waals surface area contributed by atoms with Crippen molar-refractivity contribution in [1.29, 1.82) is 0 Å². The van der Waals surface area contributed by atoms with Gasteiger partial charge >= 0.3 is 0 Å². The first-order valence-electron chi connectivity index (χ1n) is 8.17. The molecule has 0 aliphatic carbocycles. The summed E-state index contributed by atoms with van der Waals surface area (Å²) in [5, 5.41) is 7.48. The number of carbonyl (C=O) groups excluding carboxylic acids is 1. The summed E-state index contributed by atoms with van der Waals surface area (Å²) < 4.78 is 10.9. The minimum absolute atomic E-state index is 0.156. The summed E-state index contributed by atoms with van der Waals surface area (Å²) in [6, 6.07) is 7.20. The van der Waals surface area contributed by atoms with Crippen molar-refractivity contribution in [2.45, 2.75) is 25.4 Å². The van der Waals surface area contributed by atoms with Gasteiger partial charge < -0.3 is 19.6 Å². The molecule has 2 unspecified atom stereocenters. The Bertz CT molecular complexity index is 602. The van der Waals surface area contributed by atoms with Crippen LogP contribution in [0.1, 0.15) is 19.3 Å². The molecule has 0 spiro atoms. The Balaban J connectivity index is 1.40. The highest BCUT2D eigenvalue weighted by atomic mass is 35.5. The van der Waals surface area contributed by atoms with E-state index >= 15 is 0 Å². The lowest BCUT2D eigenvalue weighted by atomic mass is 10.1. The number of nitrogens with one attached hydrogen (secondary N) is 1. The molecule has 3 rings (SSSR count). The number of halogens is 1. The molecule has 2 aliphatic rings. The van der Waals surface area contributed by atoms with Crippen LogP contribution in [0.15, 0.2) is 29.4 Å². The van der Waals surface area contributed by atoms with Crippen molar-refractivity contribution in [2.75, 3.05) is 26.4 Å². The number of rotatable bonds is 6. The van der Waals surface area contributed by atoms with Gasteiger partial charge in [0.15, 0.2) is 6.10 Å². The number of carbonyl (C=O) groups is 1. The van der Waals surface area contributed by atoms with Crippen molar-refractivity contribution in [1.82, 2.24) is 5.32 Å². The number of benzene rings is 1. The summed E-state index contributed by atoms with van der Waals surface area (Å²) in [5.74, 6) is 0.936. The van der Waals surface area contributed by atoms with E-state index in [4.69, 9.17) is 25.9 Å². The molecule has 2 heterocycles. The number of amides is 1. The molecule has 0 bridgehead atoms. The molecule has 1 fully saturated rings. The standard InChI is InChI=1S/C17H21ClN2O4/c18-13-2-1-3-14(8-13)23-11-15-4-5-16(20-24-15)17(21)19-9-12-6-7-22-10-12/h1-3,8,12,15H,4-7,9-11H2,(H,19,21). The summed E-state index contributed by atoms with van der Waals surface area (Å²) in [7, 11) is 0. The van der Waals surface area contributed by atoms with Crippen LogP contribution in [0.3, 0.4) is 0 Å². The van der Waals surface area contributed by atoms with Crippen LogP contribution in [-0.4, -0.2) is 44.1 Å². The predicted octanol–water partition coefficient (Wildman–Crippen LogP) is 2.41. The summed E-state index contributed by atoms with van der Waals surface area (Å²) in [5.41, 5.74) is 0.438. The number of nitrogens with zero attached hydrogens (tertiary/aromatic N) is 1. The second-order valence-electron chi connectivity index (χ2n) is 6.01. The monoisotopic (exact) mass is 352 g/mol. The first-order chi connectivity index (χ1) is 11.7. The van der Waals surface area contributed by atoms with E-state index in [0.29, 0.717) is 55.0 Å². The maximum atomic E-state index is 12.1. The highest BCUT2D eigenvalue weighted by Gasteiger charge is 2.24. The van der Waals surface area contributed by atoms with Crippen molar-refractivity contribution >= 4 is 23.2 Å². The fourth-order valence-electron chi connectivity index (χ4n) is 2.63. The topological polar surface area (TPSA) is 69.2 Å². The van der Waals surface area contributed by atoms with Crippen molar-refractivity contribution < 1.29 is 19.1 Å². The Morgan fingerprint density at radius 1 is 1.42 bits per heavy atom. The summed E-state index contributed by atoms with van der Waals surface area (Å²) in [4.78, 5) is 17.4. The molecule has 2 atom stereocenters. The lowest BCUT2D eigenvalue weighted by Crippen LogP contribution is -2.37. The third-order valence-electron chi connectivity index (χ3n) is 4.08. The van der Waals surface area contributed by atoms with Crippen LogP contribution < -0.4 is 10.1 Å². The van der Waals surface area contributed by atoms with Gasteiger partial charge in [0.05, 0.1) is 6.61 Å². The Morgan fingerprint density at radius 3 is 3.04 bits per heavy atom. The van der Waals surface area contributed by atoms with Crippen LogP contribution in [0.5, 0.6) is 5.75 Å². The van der Waals surface area contributed by atoms with Gasteiger partial charge in [0, 0.05) is 30.5 Å². The van der Waals surface area contributed by atoms with E-state index in [9.17, 15) is 4.79 Å². The quantitative estimate of drug-likeness (QED) is 0.853. The van der Waals surface area contributed by atoms with Gasteiger partial charge in [-0.2, -0.15) is 0 Å². The third kappa shape index (κ3) is 4.85. The van der Waals surface area contributed by atoms with Crippen LogP contribution in [0.2, 0.25) is 5.02 Å². The summed E-state index contributed by atoms with van der Waals surface area (Å²) >= 11 is 5.91. The second-order valence-corrected chi connectivity index (χ2v) is 6.45. The van der Waals surface area contributed by atoms with Crippen LogP contribution in [0, 0.1) is 5.92 Å². The molecular weight excluding hydrogens is 332 g/mol. The Hall–Kier alpha value is -1.79. The normalized spacial score (nSPS) is 23.3. The molecule has 1 aromatic rings. The SMILES string of the molecule is O=C(NCC1CCOC1)C1=NOC(COc2cccc(Cl)c2)CC1. The fourth-order valence-corrected chi connectivity index (χ4v) is 2.81. The Labute approximate surface area is 146 Å². The van der Waals surface area contributed by atoms with Crippen molar-refractivity contribution in [3.63, 3.8) is 0 Å². The smallest absolute Gasteiger partial charge is 0.269 e. The van der Waals surface area contributed by atoms with Gasteiger partial charge in [0.2, 0.25) is 0 Å². The largest absolute Gasteiger partial charge is 0.490 e. The van der Waals surface area contributed by atoms with Gasteiger partial charge in [-0.05, 0) is 31.0 Å². The highest BCUT2D eigenvalue weighted by Crippen LogP contribution is 2.19. The molecule has 0 radical (unpaired) electrons. The van der Waals surface area contributed by atoms with E-state index in [2.05, 4.69) is 10.5 Å². The molecule has 6 nitrogen and oxygen atoms in total. The van der Waals surface area contributed by atoms with E-state index in [0.717, 1.165) is 13.0 Å². The van der Waals surface area contributed by atoms with E-state index < -0.39 is 0 Å². The minimum Gasteiger partial charge on any atom is -0.490 e. The molecular formula is C17H21ClN2O4. The van der Waals surface area contributed by atoms with E-state index in [1.54, 1.807) is 12.1 Å². The maximum absolute atomic E-state index is 12.1. The molecule has 2 aliphatic heterocycles. The van der Waals surface area contributed by atoms with Gasteiger partial charge in [-0.3, -0.25) is 4.79 Å². The molecule has 1 amide bonds. The molecule has 130 valence electrons. The zero-order chi connectivity index (χ0) is 16.8. The highest BCUT2D eigenvalue weighted by molar-refractivity contribution is 6.38. The van der Waals surface area contributed by atoms with Crippen molar-refractivity contribution in [3.05, 3.63) is 29.3 Å². The molecule has 1 saturated heterocycles. The first kappa shape index (κ1) is 17.0. The zero-order valence-corrected chi connectivity index (χ0v) is 14.1. The third-order valence-corrected chi connectivity index (χ3v) is 4.32. The van der Waals surface area contributed by atoms with Crippen molar-refractivity contribution in [2.24, 2.45) is 11.1 Å². The van der Waals surface area contributed by atoms with Crippen LogP contribution >= 0.6 is 11.6 Å². The van der Waals surface area contributed by atoms with Gasteiger partial charge in [0.1, 0.15) is 18.1 Å². The second kappa shape index (κ2) is 8.35. The number of ether oxygens (including phenoxy) is 2. The molecule has 1 aromatic carbocycles. The van der Waals surface area contributed by atoms with Gasteiger partial charge in [0.25, 0.3) is 5.91 Å². The average Bonchev–Trinajstić information content (AvgIpc) is 3.12. The fraction of sp³-hybridized carbons (Fsp3) is 0.529. The van der Waals surface area contributed by atoms with E-state index in [1.165, 1.54) is 0 Å². The molecule has 24 heavy (non-hydrogen) atoms. The number of oxime groups is 1. The van der Waals surface area contributed by atoms with Gasteiger partial charge in [-0.1, -0.05) is 22.8 Å². The van der Waals surface area contributed by atoms with Crippen LogP contribution in [0.25, 0.3) is 0 Å². The van der Waals surface area contributed by atoms with Gasteiger partial charge in [-0.15, -0.1) is 0 Å². The first-order valence-corrected chi connectivity index (χ1v) is 8.55. The molecule has 1 N–H and O–H groups in total. The van der Waals surface area contributed by atoms with Gasteiger partial charge in [-0.25, -0.2) is 0 Å². The predicted molar refractivity (Wildman–Crippen MR) is 90.4 cm³/mol. The lowest BCUT2D eigenvalue weighted by Gasteiger charge is -2.21. The Kier molecular flexibility index (Phi) is 5.93. The minimum atomic E-state index is -0.163. The molecule has 7 heteroatoms. The van der Waals surface area contributed by atoms with E-state index in [-0.39, 0.29) is 12.0 Å². The maximum Gasteiger partial charge on any atom is 0.269 e. The average molecular weight is 353 g/mol. The van der Waals surface area contributed by atoms with Crippen LogP contribution in [0.4, 0.5) is 0 Å². The number of hydrogen-bond acceptors (Lipinski definition) is 5. The summed E-state index contributed by atoms with van der Waals surface area (Å²) in [6.45, 7) is 2.49. The molecule has 0 saturated carbocycles. The van der Waals surface area contributed by atoms with E-state index in [1.807, 2.05) is 12.1 Å². The number of hydrogen-bond donors (Lipinski definition) is 1. The summed E-state index contributed by atoms with van der Waals surface area (Å²) in [6.07, 6.45) is 2.10. The molecule has 0 aromatic heterocycles. The zero-order valence-electron chi connectivity index (χ0n) is 13.4. The lowest BCUT2D eigenvalue weighted by molar-refractivity contribution is -0.115.